The lowest BCUT2D eigenvalue weighted by Gasteiger charge is -2.00. The van der Waals surface area contributed by atoms with Crippen molar-refractivity contribution in [1.29, 1.82) is 0 Å². The second-order valence-corrected chi connectivity index (χ2v) is 4.61. The molecular weight excluding hydrogens is 291 g/mol. The van der Waals surface area contributed by atoms with Crippen LogP contribution in [0.2, 0.25) is 5.02 Å². The van der Waals surface area contributed by atoms with Crippen molar-refractivity contribution in [3.8, 4) is 5.69 Å². The number of hydrogen-bond acceptors (Lipinski definition) is 2. The van der Waals surface area contributed by atoms with Crippen LogP contribution in [0.5, 0.6) is 0 Å². The van der Waals surface area contributed by atoms with Gasteiger partial charge in [-0.15, -0.1) is 0 Å². The van der Waals surface area contributed by atoms with E-state index in [4.69, 9.17) is 16.7 Å². The number of benzene rings is 1. The SMILES string of the molecule is OCCc1nn(-c2cccc(Cl)c2)cc1Br. The lowest BCUT2D eigenvalue weighted by molar-refractivity contribution is 0.298. The van der Waals surface area contributed by atoms with Crippen molar-refractivity contribution in [3.05, 3.63) is 45.7 Å². The topological polar surface area (TPSA) is 38.1 Å². The lowest BCUT2D eigenvalue weighted by atomic mass is 10.3. The Kier molecular flexibility index (Phi) is 3.63. The quantitative estimate of drug-likeness (QED) is 0.946. The number of hydrogen-bond donors (Lipinski definition) is 1. The van der Waals surface area contributed by atoms with Crippen LogP contribution in [-0.2, 0) is 6.42 Å². The molecule has 0 saturated heterocycles. The molecule has 3 nitrogen and oxygen atoms in total. The Morgan fingerprint density at radius 3 is 2.94 bits per heavy atom. The fourth-order valence-corrected chi connectivity index (χ4v) is 2.07. The first-order valence-electron chi connectivity index (χ1n) is 4.81. The van der Waals surface area contributed by atoms with Gasteiger partial charge in [0, 0.05) is 24.2 Å². The minimum atomic E-state index is 0.0885. The third kappa shape index (κ3) is 2.45. The van der Waals surface area contributed by atoms with Gasteiger partial charge in [-0.05, 0) is 34.1 Å². The first-order valence-corrected chi connectivity index (χ1v) is 5.98. The summed E-state index contributed by atoms with van der Waals surface area (Å²) in [5, 5.41) is 13.9. The van der Waals surface area contributed by atoms with E-state index in [2.05, 4.69) is 21.0 Å². The van der Waals surface area contributed by atoms with Crippen LogP contribution in [0.25, 0.3) is 5.69 Å². The number of aliphatic hydroxyl groups excluding tert-OH is 1. The predicted octanol–water partition coefficient (Wildman–Crippen LogP) is 2.82. The molecule has 2 rings (SSSR count). The second-order valence-electron chi connectivity index (χ2n) is 3.32. The summed E-state index contributed by atoms with van der Waals surface area (Å²) < 4.78 is 2.63. The van der Waals surface area contributed by atoms with Crippen LogP contribution in [0.3, 0.4) is 0 Å². The molecule has 84 valence electrons. The molecule has 0 radical (unpaired) electrons. The van der Waals surface area contributed by atoms with Gasteiger partial charge in [-0.1, -0.05) is 17.7 Å². The Morgan fingerprint density at radius 2 is 2.25 bits per heavy atom. The van der Waals surface area contributed by atoms with Crippen LogP contribution in [0.1, 0.15) is 5.69 Å². The molecule has 2 aromatic rings. The summed E-state index contributed by atoms with van der Waals surface area (Å²) in [5.74, 6) is 0. The highest BCUT2D eigenvalue weighted by Gasteiger charge is 2.07. The van der Waals surface area contributed by atoms with E-state index < -0.39 is 0 Å². The summed E-state index contributed by atoms with van der Waals surface area (Å²) in [7, 11) is 0. The monoisotopic (exact) mass is 300 g/mol. The number of rotatable bonds is 3. The van der Waals surface area contributed by atoms with Crippen molar-refractivity contribution in [1.82, 2.24) is 9.78 Å². The highest BCUT2D eigenvalue weighted by Crippen LogP contribution is 2.20. The van der Waals surface area contributed by atoms with Crippen LogP contribution >= 0.6 is 27.5 Å². The molecule has 5 heteroatoms. The molecule has 1 aromatic carbocycles. The van der Waals surface area contributed by atoms with Crippen molar-refractivity contribution in [2.75, 3.05) is 6.61 Å². The maximum atomic E-state index is 8.88. The zero-order chi connectivity index (χ0) is 11.5. The van der Waals surface area contributed by atoms with Gasteiger partial charge in [0.05, 0.1) is 15.9 Å². The molecule has 0 atom stereocenters. The van der Waals surface area contributed by atoms with Crippen LogP contribution in [0.4, 0.5) is 0 Å². The summed E-state index contributed by atoms with van der Waals surface area (Å²) in [6, 6.07) is 7.45. The minimum absolute atomic E-state index is 0.0885. The molecule has 0 spiro atoms. The maximum absolute atomic E-state index is 8.88. The molecule has 0 aliphatic carbocycles. The third-order valence-corrected chi connectivity index (χ3v) is 3.06. The smallest absolute Gasteiger partial charge is 0.0793 e. The Bertz CT molecular complexity index is 498. The molecule has 0 aliphatic heterocycles. The van der Waals surface area contributed by atoms with E-state index in [0.717, 1.165) is 15.9 Å². The zero-order valence-corrected chi connectivity index (χ0v) is 10.7. The maximum Gasteiger partial charge on any atom is 0.0793 e. The standard InChI is InChI=1S/C11H10BrClN2O/c12-10-7-15(14-11(10)4-5-16)9-3-1-2-8(13)6-9/h1-3,6-7,16H,4-5H2. The molecule has 0 bridgehead atoms. The van der Waals surface area contributed by atoms with Crippen molar-refractivity contribution >= 4 is 27.5 Å². The zero-order valence-electron chi connectivity index (χ0n) is 8.40. The van der Waals surface area contributed by atoms with Gasteiger partial charge in [-0.2, -0.15) is 5.10 Å². The van der Waals surface area contributed by atoms with E-state index in [1.165, 1.54) is 0 Å². The molecule has 0 fully saturated rings. The van der Waals surface area contributed by atoms with E-state index >= 15 is 0 Å². The van der Waals surface area contributed by atoms with Crippen LogP contribution < -0.4 is 0 Å². The molecule has 0 amide bonds. The number of nitrogens with zero attached hydrogens (tertiary/aromatic N) is 2. The van der Waals surface area contributed by atoms with Gasteiger partial charge in [0.15, 0.2) is 0 Å². The van der Waals surface area contributed by atoms with Crippen LogP contribution in [0.15, 0.2) is 34.9 Å². The molecule has 1 aromatic heterocycles. The lowest BCUT2D eigenvalue weighted by Crippen LogP contribution is -1.97. The van der Waals surface area contributed by atoms with Gasteiger partial charge in [0.2, 0.25) is 0 Å². The average molecular weight is 302 g/mol. The van der Waals surface area contributed by atoms with Gasteiger partial charge in [0.1, 0.15) is 0 Å². The average Bonchev–Trinajstić information content (AvgIpc) is 2.61. The normalized spacial score (nSPS) is 10.7. The predicted molar refractivity (Wildman–Crippen MR) is 67.1 cm³/mol. The second kappa shape index (κ2) is 4.99. The molecule has 16 heavy (non-hydrogen) atoms. The first kappa shape index (κ1) is 11.6. The molecule has 0 saturated carbocycles. The van der Waals surface area contributed by atoms with E-state index in [0.29, 0.717) is 11.4 Å². The van der Waals surface area contributed by atoms with Crippen molar-refractivity contribution in [2.45, 2.75) is 6.42 Å². The summed E-state index contributed by atoms with van der Waals surface area (Å²) in [6.07, 6.45) is 2.39. The molecule has 0 aliphatic rings. The van der Waals surface area contributed by atoms with Gasteiger partial charge < -0.3 is 5.11 Å². The van der Waals surface area contributed by atoms with E-state index in [1.54, 1.807) is 4.68 Å². The number of halogens is 2. The van der Waals surface area contributed by atoms with Gasteiger partial charge in [-0.3, -0.25) is 0 Å². The Labute approximate surface area is 107 Å². The van der Waals surface area contributed by atoms with Crippen molar-refractivity contribution in [3.63, 3.8) is 0 Å². The highest BCUT2D eigenvalue weighted by atomic mass is 79.9. The third-order valence-electron chi connectivity index (χ3n) is 2.16. The summed E-state index contributed by atoms with van der Waals surface area (Å²) in [5.41, 5.74) is 1.74. The summed E-state index contributed by atoms with van der Waals surface area (Å²) in [4.78, 5) is 0. The molecule has 1 heterocycles. The van der Waals surface area contributed by atoms with E-state index in [-0.39, 0.29) is 6.61 Å². The van der Waals surface area contributed by atoms with Gasteiger partial charge in [-0.25, -0.2) is 4.68 Å². The van der Waals surface area contributed by atoms with Gasteiger partial charge in [0.25, 0.3) is 0 Å². The van der Waals surface area contributed by atoms with Gasteiger partial charge >= 0.3 is 0 Å². The van der Waals surface area contributed by atoms with Crippen molar-refractivity contribution in [2.24, 2.45) is 0 Å². The van der Waals surface area contributed by atoms with Crippen molar-refractivity contribution < 1.29 is 5.11 Å². The van der Waals surface area contributed by atoms with Crippen LogP contribution in [-0.4, -0.2) is 21.5 Å². The molecule has 0 unspecified atom stereocenters. The Balaban J connectivity index is 2.37. The largest absolute Gasteiger partial charge is 0.396 e. The van der Waals surface area contributed by atoms with Crippen LogP contribution in [0, 0.1) is 0 Å². The Hall–Kier alpha value is -0.840. The molecular formula is C11H10BrClN2O. The first-order chi connectivity index (χ1) is 7.70. The fraction of sp³-hybridized carbons (Fsp3) is 0.182. The summed E-state index contributed by atoms with van der Waals surface area (Å²) in [6.45, 7) is 0.0885. The fourth-order valence-electron chi connectivity index (χ4n) is 1.41. The van der Waals surface area contributed by atoms with E-state index in [9.17, 15) is 0 Å². The highest BCUT2D eigenvalue weighted by molar-refractivity contribution is 9.10. The number of aliphatic hydroxyl groups is 1. The number of aromatic nitrogens is 2. The molecule has 1 N–H and O–H groups in total. The summed E-state index contributed by atoms with van der Waals surface area (Å²) >= 11 is 9.32. The van der Waals surface area contributed by atoms with E-state index in [1.807, 2.05) is 30.5 Å². The Morgan fingerprint density at radius 1 is 1.44 bits per heavy atom. The minimum Gasteiger partial charge on any atom is -0.396 e.